The van der Waals surface area contributed by atoms with Gasteiger partial charge in [0.15, 0.2) is 0 Å². The predicted octanol–water partition coefficient (Wildman–Crippen LogP) is 3.46. The molecular formula is C18H17F3N4O2. The van der Waals surface area contributed by atoms with Crippen LogP contribution in [0.2, 0.25) is 0 Å². The summed E-state index contributed by atoms with van der Waals surface area (Å²) < 4.78 is 42.3. The number of anilines is 1. The molecule has 1 aliphatic rings. The average molecular weight is 378 g/mol. The molecule has 1 saturated heterocycles. The number of aromatic amines is 1. The van der Waals surface area contributed by atoms with Gasteiger partial charge in [-0.1, -0.05) is 12.1 Å². The zero-order chi connectivity index (χ0) is 19.0. The van der Waals surface area contributed by atoms with E-state index in [1.807, 2.05) is 29.2 Å². The van der Waals surface area contributed by atoms with Gasteiger partial charge in [0.1, 0.15) is 11.6 Å². The number of nitrogens with one attached hydrogen (secondary N) is 1. The standard InChI is InChI=1S/C18H17F3N4O2/c19-18(20,21)27-13-5-6-16(22-11-13)24-9-7-12(8-10-24)25-15-4-2-1-3-14(15)23-17(25)26/h1-6,11-12H,7-10H2,(H,23,26). The highest BCUT2D eigenvalue weighted by Gasteiger charge is 2.31. The summed E-state index contributed by atoms with van der Waals surface area (Å²) in [5.41, 5.74) is 1.57. The van der Waals surface area contributed by atoms with Gasteiger partial charge in [0.05, 0.1) is 17.2 Å². The normalized spacial score (nSPS) is 16.0. The van der Waals surface area contributed by atoms with Crippen molar-refractivity contribution in [2.75, 3.05) is 18.0 Å². The maximum Gasteiger partial charge on any atom is 0.573 e. The van der Waals surface area contributed by atoms with Gasteiger partial charge in [-0.15, -0.1) is 13.2 Å². The van der Waals surface area contributed by atoms with Gasteiger partial charge in [0.2, 0.25) is 0 Å². The maximum absolute atomic E-state index is 12.3. The van der Waals surface area contributed by atoms with Crippen LogP contribution in [0.25, 0.3) is 11.0 Å². The van der Waals surface area contributed by atoms with E-state index in [9.17, 15) is 18.0 Å². The quantitative estimate of drug-likeness (QED) is 0.758. The van der Waals surface area contributed by atoms with Crippen LogP contribution >= 0.6 is 0 Å². The minimum absolute atomic E-state index is 0.0673. The Kier molecular flexibility index (Phi) is 4.29. The third-order valence-electron chi connectivity index (χ3n) is 4.73. The van der Waals surface area contributed by atoms with E-state index < -0.39 is 6.36 Å². The van der Waals surface area contributed by atoms with Gasteiger partial charge in [-0.25, -0.2) is 9.78 Å². The van der Waals surface area contributed by atoms with Crippen LogP contribution in [0.5, 0.6) is 5.75 Å². The number of para-hydroxylation sites is 2. The smallest absolute Gasteiger partial charge is 0.404 e. The highest BCUT2D eigenvalue weighted by atomic mass is 19.4. The molecule has 0 aliphatic carbocycles. The molecular weight excluding hydrogens is 361 g/mol. The molecule has 9 heteroatoms. The van der Waals surface area contributed by atoms with Crippen LogP contribution in [0.3, 0.4) is 0 Å². The summed E-state index contributed by atoms with van der Waals surface area (Å²) >= 11 is 0. The second kappa shape index (κ2) is 6.64. The van der Waals surface area contributed by atoms with Crippen LogP contribution in [0, 0.1) is 0 Å². The molecule has 0 atom stereocenters. The summed E-state index contributed by atoms with van der Waals surface area (Å²) in [7, 11) is 0. The number of rotatable bonds is 3. The number of hydrogen-bond donors (Lipinski definition) is 1. The lowest BCUT2D eigenvalue weighted by Crippen LogP contribution is -2.37. The number of piperidine rings is 1. The molecule has 0 amide bonds. The summed E-state index contributed by atoms with van der Waals surface area (Å²) in [6.07, 6.45) is -2.18. The van der Waals surface area contributed by atoms with Crippen molar-refractivity contribution in [2.24, 2.45) is 0 Å². The number of aromatic nitrogens is 3. The molecule has 27 heavy (non-hydrogen) atoms. The number of alkyl halides is 3. The monoisotopic (exact) mass is 378 g/mol. The molecule has 0 radical (unpaired) electrons. The second-order valence-corrected chi connectivity index (χ2v) is 6.44. The van der Waals surface area contributed by atoms with E-state index in [4.69, 9.17) is 0 Å². The zero-order valence-electron chi connectivity index (χ0n) is 14.2. The Labute approximate surface area is 152 Å². The minimum atomic E-state index is -4.73. The Hall–Kier alpha value is -2.97. The average Bonchev–Trinajstić information content (AvgIpc) is 2.97. The van der Waals surface area contributed by atoms with Crippen molar-refractivity contribution in [1.82, 2.24) is 14.5 Å². The van der Waals surface area contributed by atoms with E-state index in [-0.39, 0.29) is 17.5 Å². The van der Waals surface area contributed by atoms with Crippen LogP contribution in [0.1, 0.15) is 18.9 Å². The van der Waals surface area contributed by atoms with Gasteiger partial charge >= 0.3 is 12.1 Å². The molecule has 3 heterocycles. The molecule has 2 aromatic heterocycles. The van der Waals surface area contributed by atoms with E-state index in [1.54, 1.807) is 4.57 Å². The van der Waals surface area contributed by atoms with E-state index in [2.05, 4.69) is 14.7 Å². The largest absolute Gasteiger partial charge is 0.573 e. The minimum Gasteiger partial charge on any atom is -0.404 e. The Morgan fingerprint density at radius 3 is 2.52 bits per heavy atom. The van der Waals surface area contributed by atoms with Crippen molar-refractivity contribution in [3.8, 4) is 5.75 Å². The lowest BCUT2D eigenvalue weighted by atomic mass is 10.0. The van der Waals surface area contributed by atoms with Crippen LogP contribution < -0.4 is 15.3 Å². The van der Waals surface area contributed by atoms with E-state index in [0.29, 0.717) is 18.9 Å². The summed E-state index contributed by atoms with van der Waals surface area (Å²) in [6.45, 7) is 1.31. The molecule has 1 aliphatic heterocycles. The number of halogens is 3. The highest BCUT2D eigenvalue weighted by Crippen LogP contribution is 2.28. The Morgan fingerprint density at radius 2 is 1.85 bits per heavy atom. The van der Waals surface area contributed by atoms with Gasteiger partial charge in [-0.2, -0.15) is 0 Å². The first kappa shape index (κ1) is 17.4. The first-order valence-corrected chi connectivity index (χ1v) is 8.57. The summed E-state index contributed by atoms with van der Waals surface area (Å²) in [6, 6.07) is 10.4. The van der Waals surface area contributed by atoms with Crippen molar-refractivity contribution < 1.29 is 17.9 Å². The first-order chi connectivity index (χ1) is 12.9. The van der Waals surface area contributed by atoms with Crippen molar-refractivity contribution in [3.05, 3.63) is 53.1 Å². The van der Waals surface area contributed by atoms with Gasteiger partial charge in [-0.3, -0.25) is 4.57 Å². The molecule has 1 aromatic carbocycles. The fourth-order valence-corrected chi connectivity index (χ4v) is 3.54. The third-order valence-corrected chi connectivity index (χ3v) is 4.73. The predicted molar refractivity (Wildman–Crippen MR) is 94.0 cm³/mol. The molecule has 142 valence electrons. The molecule has 1 fully saturated rings. The first-order valence-electron chi connectivity index (χ1n) is 8.57. The van der Waals surface area contributed by atoms with Gasteiger partial charge in [0, 0.05) is 19.1 Å². The van der Waals surface area contributed by atoms with Gasteiger partial charge in [-0.05, 0) is 37.1 Å². The molecule has 1 N–H and O–H groups in total. The van der Waals surface area contributed by atoms with E-state index in [0.717, 1.165) is 30.1 Å². The number of pyridine rings is 1. The van der Waals surface area contributed by atoms with Gasteiger partial charge in [0.25, 0.3) is 0 Å². The number of benzene rings is 1. The number of ether oxygens (including phenoxy) is 1. The Bertz CT molecular complexity index is 986. The van der Waals surface area contributed by atoms with Crippen LogP contribution in [0.15, 0.2) is 47.4 Å². The highest BCUT2D eigenvalue weighted by molar-refractivity contribution is 5.75. The molecule has 3 aromatic rings. The van der Waals surface area contributed by atoms with Crippen molar-refractivity contribution in [3.63, 3.8) is 0 Å². The number of imidazole rings is 1. The van der Waals surface area contributed by atoms with Crippen LogP contribution in [-0.4, -0.2) is 34.0 Å². The lowest BCUT2D eigenvalue weighted by Gasteiger charge is -2.33. The number of H-pyrrole nitrogens is 1. The fraction of sp³-hybridized carbons (Fsp3) is 0.333. The Morgan fingerprint density at radius 1 is 1.11 bits per heavy atom. The molecule has 4 rings (SSSR count). The lowest BCUT2D eigenvalue weighted by molar-refractivity contribution is -0.274. The molecule has 0 unspecified atom stereocenters. The second-order valence-electron chi connectivity index (χ2n) is 6.44. The van der Waals surface area contributed by atoms with Crippen LogP contribution in [0.4, 0.5) is 19.0 Å². The molecule has 0 bridgehead atoms. The topological polar surface area (TPSA) is 63.2 Å². The fourth-order valence-electron chi connectivity index (χ4n) is 3.54. The van der Waals surface area contributed by atoms with E-state index >= 15 is 0 Å². The van der Waals surface area contributed by atoms with Crippen molar-refractivity contribution in [1.29, 1.82) is 0 Å². The van der Waals surface area contributed by atoms with Crippen molar-refractivity contribution in [2.45, 2.75) is 25.2 Å². The molecule has 0 spiro atoms. The number of hydrogen-bond acceptors (Lipinski definition) is 4. The summed E-state index contributed by atoms with van der Waals surface area (Å²) in [5, 5.41) is 0. The third kappa shape index (κ3) is 3.62. The maximum atomic E-state index is 12.3. The molecule has 0 saturated carbocycles. The summed E-state index contributed by atoms with van der Waals surface area (Å²) in [5.74, 6) is 0.251. The molecule has 6 nitrogen and oxygen atoms in total. The SMILES string of the molecule is O=c1[nH]c2ccccc2n1C1CCN(c2ccc(OC(F)(F)F)cn2)CC1. The van der Waals surface area contributed by atoms with Gasteiger partial charge < -0.3 is 14.6 Å². The van der Waals surface area contributed by atoms with Crippen molar-refractivity contribution >= 4 is 16.9 Å². The van der Waals surface area contributed by atoms with E-state index in [1.165, 1.54) is 12.1 Å². The summed E-state index contributed by atoms with van der Waals surface area (Å²) in [4.78, 5) is 21.2. The number of nitrogens with zero attached hydrogens (tertiary/aromatic N) is 3. The zero-order valence-corrected chi connectivity index (χ0v) is 14.2. The van der Waals surface area contributed by atoms with Crippen LogP contribution in [-0.2, 0) is 0 Å². The Balaban J connectivity index is 1.46. The number of fused-ring (bicyclic) bond motifs is 1.